The van der Waals surface area contributed by atoms with E-state index in [0.717, 1.165) is 14.7 Å². The van der Waals surface area contributed by atoms with Crippen LogP contribution in [-0.2, 0) is 14.4 Å². The summed E-state index contributed by atoms with van der Waals surface area (Å²) in [6.07, 6.45) is -9.93. The first-order valence-electron chi connectivity index (χ1n) is 26.8. The zero-order chi connectivity index (χ0) is 70.2. The van der Waals surface area contributed by atoms with E-state index < -0.39 is 129 Å². The summed E-state index contributed by atoms with van der Waals surface area (Å²) >= 11 is 16.0. The highest BCUT2D eigenvalue weighted by molar-refractivity contribution is 14.1. The second kappa shape index (κ2) is 39.7. The van der Waals surface area contributed by atoms with Crippen molar-refractivity contribution in [3.05, 3.63) is 65.5 Å². The number of carbonyl (C=O) groups excluding carboxylic acids is 9. The van der Waals surface area contributed by atoms with Crippen molar-refractivity contribution in [3.63, 3.8) is 0 Å². The molecule has 0 aliphatic carbocycles. The van der Waals surface area contributed by atoms with E-state index in [0.29, 0.717) is 0 Å². The standard InChI is InChI=1S/C53H66I9N9O21/c1-66(48(87)27-33(54)29(50(89)68(3)12-21(78)15-72)38(59)42(36(27)57)63-45(84)24(81)18-75)8-6-10-71(53(92)32-35(56)31(52(91)70(5)14-23(80)17-74)40(61)44(41(32)62)65-47(86)26(83)20-77)11-7-9-67(2)49(88)28-34(55)30(51(90)69(4)13-22(79)16-73)39(60)43(37(28)58)64-46(85)25(82)19-76/h21-26,72-83H,6-20H2,1-5H3,(H,63,84)(H,64,85)(H,65,86). The van der Waals surface area contributed by atoms with Crippen molar-refractivity contribution in [2.24, 2.45) is 0 Å². The van der Waals surface area contributed by atoms with Crippen molar-refractivity contribution < 1.29 is 104 Å². The number of likely N-dealkylation sites (N-methyl/N-ethyl adjacent to an activating group) is 3. The van der Waals surface area contributed by atoms with Crippen LogP contribution in [0, 0.1) is 32.1 Å². The number of halogens is 9. The fourth-order valence-electron chi connectivity index (χ4n) is 8.31. The molecule has 3 aromatic rings. The van der Waals surface area contributed by atoms with E-state index in [1.54, 1.807) is 203 Å². The first-order chi connectivity index (χ1) is 43.0. The van der Waals surface area contributed by atoms with Gasteiger partial charge in [0, 0.05) is 91.8 Å². The van der Waals surface area contributed by atoms with Crippen LogP contribution in [0.5, 0.6) is 0 Å². The third kappa shape index (κ3) is 21.5. The minimum absolute atomic E-state index is 0.0311. The van der Waals surface area contributed by atoms with E-state index in [2.05, 4.69) is 16.0 Å². The molecule has 0 aliphatic heterocycles. The van der Waals surface area contributed by atoms with E-state index in [4.69, 9.17) is 0 Å². The van der Waals surface area contributed by atoms with Crippen molar-refractivity contribution in [2.75, 3.05) is 137 Å². The summed E-state index contributed by atoms with van der Waals surface area (Å²) in [4.78, 5) is 134. The number of anilines is 3. The lowest BCUT2D eigenvalue weighted by Gasteiger charge is -2.29. The van der Waals surface area contributed by atoms with Crippen LogP contribution in [0.2, 0.25) is 0 Å². The maximum atomic E-state index is 15.6. The van der Waals surface area contributed by atoms with E-state index in [-0.39, 0.29) is 141 Å². The molecular formula is C53H66I9N9O21. The number of benzene rings is 3. The van der Waals surface area contributed by atoms with Gasteiger partial charge in [0.2, 0.25) is 0 Å². The number of aliphatic hydroxyl groups excluding tert-OH is 12. The van der Waals surface area contributed by atoms with Crippen molar-refractivity contribution in [2.45, 2.75) is 49.5 Å². The molecule has 3 aromatic carbocycles. The van der Waals surface area contributed by atoms with E-state index in [1.807, 2.05) is 0 Å². The van der Waals surface area contributed by atoms with Gasteiger partial charge >= 0.3 is 0 Å². The van der Waals surface area contributed by atoms with Gasteiger partial charge in [0.05, 0.1) is 130 Å². The van der Waals surface area contributed by atoms with Crippen molar-refractivity contribution in [3.8, 4) is 0 Å². The lowest BCUT2D eigenvalue weighted by molar-refractivity contribution is -0.126. The molecule has 30 nitrogen and oxygen atoms in total. The predicted molar refractivity (Wildman–Crippen MR) is 408 cm³/mol. The van der Waals surface area contributed by atoms with Gasteiger partial charge < -0.3 is 107 Å². The molecule has 9 amide bonds. The predicted octanol–water partition coefficient (Wildman–Crippen LogP) is 0.0455. The van der Waals surface area contributed by atoms with E-state index in [1.165, 1.54) is 49.9 Å². The molecule has 6 atom stereocenters. The number of carbonyl (C=O) groups is 9. The van der Waals surface area contributed by atoms with Gasteiger partial charge in [-0.05, 0) is 216 Å². The van der Waals surface area contributed by atoms with Crippen LogP contribution in [0.3, 0.4) is 0 Å². The summed E-state index contributed by atoms with van der Waals surface area (Å²) in [7, 11) is 6.81. The molecule has 0 bridgehead atoms. The molecule has 0 spiro atoms. The Morgan fingerprint density at radius 1 is 0.315 bits per heavy atom. The Morgan fingerprint density at radius 2 is 0.522 bits per heavy atom. The highest BCUT2D eigenvalue weighted by atomic mass is 127. The van der Waals surface area contributed by atoms with Crippen molar-refractivity contribution in [1.82, 2.24) is 29.4 Å². The molecule has 6 unspecified atom stereocenters. The SMILES string of the molecule is CN(CCCN(CCCN(C)C(=O)c1c(I)c(NC(=O)C(O)CO)c(I)c(C(=O)N(C)CC(O)CO)c1I)C(=O)c1c(I)c(NC(=O)C(O)CO)c(I)c(C(=O)N(C)CC(O)CO)c1I)C(=O)c1c(I)c(NC(=O)C(O)CO)c(I)c(C(=O)N(C)CC(O)CO)c1I. The minimum Gasteiger partial charge on any atom is -0.394 e. The average Bonchev–Trinajstić information content (AvgIpc) is 0.778. The number of rotatable bonds is 32. The fraction of sp³-hybridized carbons (Fsp3) is 0.491. The number of hydrogen-bond donors (Lipinski definition) is 15. The lowest BCUT2D eigenvalue weighted by atomic mass is 10.1. The van der Waals surface area contributed by atoms with Crippen molar-refractivity contribution >= 4 is 274 Å². The summed E-state index contributed by atoms with van der Waals surface area (Å²) in [5.41, 5.74) is -1.00. The Hall–Kier alpha value is -1.02. The maximum absolute atomic E-state index is 15.6. The summed E-state index contributed by atoms with van der Waals surface area (Å²) in [6.45, 7) is -6.82. The van der Waals surface area contributed by atoms with Crippen LogP contribution >= 0.6 is 203 Å². The Balaban J connectivity index is 2.31. The van der Waals surface area contributed by atoms with E-state index in [9.17, 15) is 99.6 Å². The summed E-state index contributed by atoms with van der Waals surface area (Å²) in [5, 5.41) is 127. The summed E-state index contributed by atoms with van der Waals surface area (Å²) in [5.74, 6) is -7.71. The molecule has 0 heterocycles. The molecule has 39 heteroatoms. The number of hydrogen-bond acceptors (Lipinski definition) is 21. The smallest absolute Gasteiger partial charge is 0.256 e. The van der Waals surface area contributed by atoms with Gasteiger partial charge in [-0.15, -0.1) is 0 Å². The topological polar surface area (TPSA) is 452 Å². The van der Waals surface area contributed by atoms with Crippen LogP contribution < -0.4 is 16.0 Å². The molecule has 0 aromatic heterocycles. The lowest BCUT2D eigenvalue weighted by Crippen LogP contribution is -2.40. The normalized spacial score (nSPS) is 13.2. The monoisotopic (exact) mass is 2310 g/mol. The van der Waals surface area contributed by atoms with Gasteiger partial charge in [-0.25, -0.2) is 0 Å². The van der Waals surface area contributed by atoms with Crippen LogP contribution in [0.15, 0.2) is 0 Å². The Morgan fingerprint density at radius 3 is 0.728 bits per heavy atom. The molecule has 0 aliphatic rings. The number of nitrogens with one attached hydrogen (secondary N) is 3. The maximum Gasteiger partial charge on any atom is 0.256 e. The molecule has 0 radical (unpaired) electrons. The zero-order valence-corrected chi connectivity index (χ0v) is 68.6. The van der Waals surface area contributed by atoms with Gasteiger partial charge in [-0.2, -0.15) is 0 Å². The van der Waals surface area contributed by atoms with Gasteiger partial charge in [0.15, 0.2) is 18.3 Å². The summed E-state index contributed by atoms with van der Waals surface area (Å²) in [6, 6.07) is 0. The van der Waals surface area contributed by atoms with Gasteiger partial charge in [-0.1, -0.05) is 0 Å². The second-order valence-corrected chi connectivity index (χ2v) is 30.0. The van der Waals surface area contributed by atoms with Gasteiger partial charge in [-0.3, -0.25) is 43.2 Å². The Kier molecular flexibility index (Phi) is 36.8. The first-order valence-corrected chi connectivity index (χ1v) is 36.5. The Bertz CT molecular complexity index is 3120. The van der Waals surface area contributed by atoms with Crippen LogP contribution in [0.25, 0.3) is 0 Å². The minimum atomic E-state index is -1.96. The fourth-order valence-corrected chi connectivity index (χ4v) is 21.4. The van der Waals surface area contributed by atoms with Crippen LogP contribution in [-0.4, -0.2) is 301 Å². The third-order valence-electron chi connectivity index (χ3n) is 13.4. The molecule has 0 saturated heterocycles. The Labute approximate surface area is 650 Å². The van der Waals surface area contributed by atoms with Crippen molar-refractivity contribution in [1.29, 1.82) is 0 Å². The molecule has 0 saturated carbocycles. The van der Waals surface area contributed by atoms with Crippen LogP contribution in [0.4, 0.5) is 17.1 Å². The van der Waals surface area contributed by atoms with Gasteiger partial charge in [0.25, 0.3) is 53.2 Å². The van der Waals surface area contributed by atoms with Crippen LogP contribution in [0.1, 0.15) is 75.0 Å². The zero-order valence-electron chi connectivity index (χ0n) is 49.2. The molecule has 15 N–H and O–H groups in total. The molecule has 0 fully saturated rings. The molecule has 92 heavy (non-hydrogen) atoms. The second-order valence-electron chi connectivity index (χ2n) is 20.3. The molecular weight excluding hydrogens is 2240 g/mol. The molecule has 3 rings (SSSR count). The number of nitrogens with zero attached hydrogens (tertiary/aromatic N) is 6. The number of amides is 9. The average molecular weight is 2310 g/mol. The van der Waals surface area contributed by atoms with Gasteiger partial charge in [0.1, 0.15) is 0 Å². The quantitative estimate of drug-likeness (QED) is 0.0367. The highest BCUT2D eigenvalue weighted by Crippen LogP contribution is 2.41. The molecule has 512 valence electrons. The highest BCUT2D eigenvalue weighted by Gasteiger charge is 2.37. The first kappa shape index (κ1) is 85.2. The third-order valence-corrected chi connectivity index (χ3v) is 23.1. The number of aliphatic hydroxyl groups is 12. The largest absolute Gasteiger partial charge is 0.394 e. The van der Waals surface area contributed by atoms with E-state index >= 15 is 4.79 Å². The summed E-state index contributed by atoms with van der Waals surface area (Å²) < 4.78 is 0.830.